The van der Waals surface area contributed by atoms with Gasteiger partial charge in [-0.2, -0.15) is 0 Å². The maximum atomic E-state index is 12.1. The zero-order valence-electron chi connectivity index (χ0n) is 11.7. The Kier molecular flexibility index (Phi) is 6.81. The Hall–Kier alpha value is -1.27. The summed E-state index contributed by atoms with van der Waals surface area (Å²) in [5.74, 6) is -0.216. The van der Waals surface area contributed by atoms with Crippen LogP contribution >= 0.6 is 0 Å². The first-order valence-corrected chi connectivity index (χ1v) is 6.63. The van der Waals surface area contributed by atoms with Crippen molar-refractivity contribution in [3.05, 3.63) is 29.8 Å². The van der Waals surface area contributed by atoms with Crippen LogP contribution < -0.4 is 10.1 Å². The van der Waals surface area contributed by atoms with Crippen LogP contribution in [0.1, 0.15) is 31.9 Å². The van der Waals surface area contributed by atoms with Gasteiger partial charge in [0.15, 0.2) is 0 Å². The van der Waals surface area contributed by atoms with Gasteiger partial charge in [-0.15, -0.1) is 13.2 Å². The van der Waals surface area contributed by atoms with Crippen molar-refractivity contribution >= 4 is 0 Å². The number of nitrogens with one attached hydrogen (secondary N) is 1. The summed E-state index contributed by atoms with van der Waals surface area (Å²) in [6.45, 7) is 5.84. The Morgan fingerprint density at radius 2 is 1.80 bits per heavy atom. The molecular weight excluding hydrogens is 271 g/mol. The highest BCUT2D eigenvalue weighted by atomic mass is 19.4. The second kappa shape index (κ2) is 8.11. The first kappa shape index (κ1) is 16.8. The van der Waals surface area contributed by atoms with E-state index in [0.717, 1.165) is 18.5 Å². The van der Waals surface area contributed by atoms with Gasteiger partial charge in [-0.05, 0) is 37.6 Å². The zero-order valence-corrected chi connectivity index (χ0v) is 11.7. The molecule has 1 rings (SSSR count). The molecule has 0 aliphatic carbocycles. The summed E-state index contributed by atoms with van der Waals surface area (Å²) in [7, 11) is 0. The Labute approximate surface area is 117 Å². The quantitative estimate of drug-likeness (QED) is 0.793. The zero-order chi connectivity index (χ0) is 15.0. The van der Waals surface area contributed by atoms with Gasteiger partial charge in [0.25, 0.3) is 0 Å². The fourth-order valence-corrected chi connectivity index (χ4v) is 1.73. The minimum Gasteiger partial charge on any atom is -0.406 e. The first-order chi connectivity index (χ1) is 9.46. The van der Waals surface area contributed by atoms with Crippen molar-refractivity contribution in [2.75, 3.05) is 19.8 Å². The summed E-state index contributed by atoms with van der Waals surface area (Å²) in [5.41, 5.74) is 0.876. The van der Waals surface area contributed by atoms with Crippen LogP contribution in [0.5, 0.6) is 5.75 Å². The summed E-state index contributed by atoms with van der Waals surface area (Å²) in [5, 5.41) is 3.30. The van der Waals surface area contributed by atoms with E-state index >= 15 is 0 Å². The van der Waals surface area contributed by atoms with Crippen LogP contribution in [0.3, 0.4) is 0 Å². The fraction of sp³-hybridized carbons (Fsp3) is 0.571. The van der Waals surface area contributed by atoms with Crippen molar-refractivity contribution in [2.45, 2.75) is 32.7 Å². The van der Waals surface area contributed by atoms with E-state index in [1.165, 1.54) is 12.1 Å². The second-order valence-corrected chi connectivity index (χ2v) is 4.28. The number of benzene rings is 1. The van der Waals surface area contributed by atoms with Gasteiger partial charge in [-0.3, -0.25) is 0 Å². The van der Waals surface area contributed by atoms with Gasteiger partial charge in [-0.25, -0.2) is 0 Å². The van der Waals surface area contributed by atoms with E-state index < -0.39 is 6.36 Å². The Balaban J connectivity index is 2.70. The van der Waals surface area contributed by atoms with Crippen molar-refractivity contribution in [2.24, 2.45) is 0 Å². The SMILES string of the molecule is CCCNC(COCC)c1ccc(OC(F)(F)F)cc1. The number of hydrogen-bond acceptors (Lipinski definition) is 3. The van der Waals surface area contributed by atoms with E-state index in [2.05, 4.69) is 10.1 Å². The van der Waals surface area contributed by atoms with Crippen molar-refractivity contribution in [1.82, 2.24) is 5.32 Å². The Morgan fingerprint density at radius 3 is 2.30 bits per heavy atom. The molecule has 1 unspecified atom stereocenters. The lowest BCUT2D eigenvalue weighted by Crippen LogP contribution is -2.26. The van der Waals surface area contributed by atoms with E-state index in [1.807, 2.05) is 13.8 Å². The van der Waals surface area contributed by atoms with Crippen LogP contribution in [0, 0.1) is 0 Å². The maximum Gasteiger partial charge on any atom is 0.573 e. The number of alkyl halides is 3. The first-order valence-electron chi connectivity index (χ1n) is 6.63. The van der Waals surface area contributed by atoms with E-state index in [9.17, 15) is 13.2 Å². The average Bonchev–Trinajstić information content (AvgIpc) is 2.38. The van der Waals surface area contributed by atoms with Gasteiger partial charge in [0, 0.05) is 6.61 Å². The molecule has 0 aliphatic rings. The normalized spacial score (nSPS) is 13.2. The molecule has 0 aliphatic heterocycles. The minimum atomic E-state index is -4.66. The number of ether oxygens (including phenoxy) is 2. The number of halogens is 3. The lowest BCUT2D eigenvalue weighted by atomic mass is 10.1. The molecule has 20 heavy (non-hydrogen) atoms. The molecule has 114 valence electrons. The molecule has 6 heteroatoms. The second-order valence-electron chi connectivity index (χ2n) is 4.28. The van der Waals surface area contributed by atoms with E-state index in [0.29, 0.717) is 13.2 Å². The molecule has 0 aromatic heterocycles. The molecule has 0 saturated carbocycles. The highest BCUT2D eigenvalue weighted by Crippen LogP contribution is 2.24. The minimum absolute atomic E-state index is 0.0326. The van der Waals surface area contributed by atoms with Gasteiger partial charge >= 0.3 is 6.36 Å². The van der Waals surface area contributed by atoms with Crippen LogP contribution in [0.15, 0.2) is 24.3 Å². The van der Waals surface area contributed by atoms with Crippen LogP contribution in [0.25, 0.3) is 0 Å². The summed E-state index contributed by atoms with van der Waals surface area (Å²) >= 11 is 0. The van der Waals surface area contributed by atoms with Crippen molar-refractivity contribution < 1.29 is 22.6 Å². The van der Waals surface area contributed by atoms with E-state index in [4.69, 9.17) is 4.74 Å². The summed E-state index contributed by atoms with van der Waals surface area (Å²) < 4.78 is 45.5. The molecule has 0 saturated heterocycles. The van der Waals surface area contributed by atoms with Gasteiger partial charge in [0.1, 0.15) is 5.75 Å². The molecular formula is C14H20F3NO2. The molecule has 0 spiro atoms. The van der Waals surface area contributed by atoms with Gasteiger partial charge < -0.3 is 14.8 Å². The topological polar surface area (TPSA) is 30.5 Å². The molecule has 1 N–H and O–H groups in total. The third-order valence-electron chi connectivity index (χ3n) is 2.65. The van der Waals surface area contributed by atoms with Crippen molar-refractivity contribution in [3.8, 4) is 5.75 Å². The molecule has 0 bridgehead atoms. The van der Waals surface area contributed by atoms with Crippen LogP contribution in [0.4, 0.5) is 13.2 Å². The predicted molar refractivity (Wildman–Crippen MR) is 70.7 cm³/mol. The van der Waals surface area contributed by atoms with Crippen LogP contribution in [0.2, 0.25) is 0 Å². The monoisotopic (exact) mass is 291 g/mol. The Morgan fingerprint density at radius 1 is 1.15 bits per heavy atom. The summed E-state index contributed by atoms with van der Waals surface area (Å²) in [6, 6.07) is 5.83. The highest BCUT2D eigenvalue weighted by Gasteiger charge is 2.31. The molecule has 0 heterocycles. The van der Waals surface area contributed by atoms with Crippen molar-refractivity contribution in [3.63, 3.8) is 0 Å². The van der Waals surface area contributed by atoms with E-state index in [-0.39, 0.29) is 11.8 Å². The lowest BCUT2D eigenvalue weighted by molar-refractivity contribution is -0.274. The smallest absolute Gasteiger partial charge is 0.406 e. The fourth-order valence-electron chi connectivity index (χ4n) is 1.73. The molecule has 3 nitrogen and oxygen atoms in total. The van der Waals surface area contributed by atoms with E-state index in [1.54, 1.807) is 12.1 Å². The van der Waals surface area contributed by atoms with Gasteiger partial charge in [0.05, 0.1) is 12.6 Å². The summed E-state index contributed by atoms with van der Waals surface area (Å²) in [6.07, 6.45) is -3.69. The molecule has 0 amide bonds. The largest absolute Gasteiger partial charge is 0.573 e. The number of rotatable bonds is 8. The number of hydrogen-bond donors (Lipinski definition) is 1. The van der Waals surface area contributed by atoms with Crippen LogP contribution in [-0.2, 0) is 4.74 Å². The highest BCUT2D eigenvalue weighted by molar-refractivity contribution is 5.29. The third-order valence-corrected chi connectivity index (χ3v) is 2.65. The molecule has 0 fully saturated rings. The standard InChI is InChI=1S/C14H20F3NO2/c1-3-9-18-13(10-19-4-2)11-5-7-12(8-6-11)20-14(15,16)17/h5-8,13,18H,3-4,9-10H2,1-2H3. The van der Waals surface area contributed by atoms with Crippen LogP contribution in [-0.4, -0.2) is 26.1 Å². The predicted octanol–water partition coefficient (Wildman–Crippen LogP) is 3.66. The molecule has 0 radical (unpaired) electrons. The third kappa shape index (κ3) is 6.25. The van der Waals surface area contributed by atoms with Gasteiger partial charge in [-0.1, -0.05) is 19.1 Å². The molecule has 1 aromatic rings. The Bertz CT molecular complexity index is 371. The molecule has 1 aromatic carbocycles. The maximum absolute atomic E-state index is 12.1. The summed E-state index contributed by atoms with van der Waals surface area (Å²) in [4.78, 5) is 0. The van der Waals surface area contributed by atoms with Crippen molar-refractivity contribution in [1.29, 1.82) is 0 Å². The average molecular weight is 291 g/mol. The van der Waals surface area contributed by atoms with Gasteiger partial charge in [0.2, 0.25) is 0 Å². The molecule has 1 atom stereocenters. The lowest BCUT2D eigenvalue weighted by Gasteiger charge is -2.19.